The molecule has 3 aromatic rings. The first-order valence-electron chi connectivity index (χ1n) is 11.5. The summed E-state index contributed by atoms with van der Waals surface area (Å²) in [6, 6.07) is 20.1. The predicted molar refractivity (Wildman–Crippen MR) is 125 cm³/mol. The monoisotopic (exact) mass is 482 g/mol. The van der Waals surface area contributed by atoms with Crippen LogP contribution in [0.3, 0.4) is 0 Å². The maximum atomic E-state index is 13.9. The molecule has 2 atom stereocenters. The molecule has 4 nitrogen and oxygen atoms in total. The van der Waals surface area contributed by atoms with Gasteiger partial charge < -0.3 is 5.11 Å². The Hall–Kier alpha value is -3.45. The second-order valence-electron chi connectivity index (χ2n) is 9.07. The van der Waals surface area contributed by atoms with Gasteiger partial charge in [0, 0.05) is 23.1 Å². The number of aryl methyl sites for hydroxylation is 1. The number of hydrogen-bond acceptors (Lipinski definition) is 2. The van der Waals surface area contributed by atoms with E-state index in [0.717, 1.165) is 28.3 Å². The van der Waals surface area contributed by atoms with Crippen LogP contribution < -0.4 is 0 Å². The van der Waals surface area contributed by atoms with Gasteiger partial charge in [0.15, 0.2) is 0 Å². The second kappa shape index (κ2) is 9.66. The Labute approximate surface area is 202 Å². The molecular formula is C28H27F3NO3+. The number of benzene rings is 3. The minimum atomic E-state index is -4.57. The molecule has 0 saturated heterocycles. The molecule has 0 saturated carbocycles. The molecule has 2 unspecified atom stereocenters. The van der Waals surface area contributed by atoms with Gasteiger partial charge in [0.05, 0.1) is 24.9 Å². The lowest BCUT2D eigenvalue weighted by molar-refractivity contribution is -0.895. The van der Waals surface area contributed by atoms with Crippen molar-refractivity contribution in [2.24, 2.45) is 0 Å². The molecule has 0 spiro atoms. The van der Waals surface area contributed by atoms with E-state index in [9.17, 15) is 27.9 Å². The fourth-order valence-electron chi connectivity index (χ4n) is 5.27. The van der Waals surface area contributed by atoms with Crippen molar-refractivity contribution in [1.82, 2.24) is 0 Å². The number of amides is 1. The summed E-state index contributed by atoms with van der Waals surface area (Å²) < 4.78 is 41.5. The Balaban J connectivity index is 1.95. The fourth-order valence-corrected chi connectivity index (χ4v) is 5.27. The van der Waals surface area contributed by atoms with Crippen molar-refractivity contribution in [3.05, 3.63) is 106 Å². The smallest absolute Gasteiger partial charge is 0.416 e. The Morgan fingerprint density at radius 2 is 1.54 bits per heavy atom. The third-order valence-corrected chi connectivity index (χ3v) is 6.93. The molecule has 7 heteroatoms. The zero-order chi connectivity index (χ0) is 25.2. The summed E-state index contributed by atoms with van der Waals surface area (Å²) >= 11 is 0. The van der Waals surface area contributed by atoms with Crippen molar-refractivity contribution < 1.29 is 32.3 Å². The minimum Gasteiger partial charge on any atom is -0.481 e. The number of quaternary nitrogens is 1. The van der Waals surface area contributed by atoms with Crippen LogP contribution in [0.2, 0.25) is 0 Å². The lowest BCUT2D eigenvalue weighted by atomic mass is 9.83. The van der Waals surface area contributed by atoms with E-state index in [1.54, 1.807) is 6.07 Å². The van der Waals surface area contributed by atoms with Gasteiger partial charge in [-0.25, -0.2) is 9.28 Å². The third kappa shape index (κ3) is 4.86. The largest absolute Gasteiger partial charge is 0.481 e. The normalized spacial score (nSPS) is 19.7. The molecule has 35 heavy (non-hydrogen) atoms. The highest BCUT2D eigenvalue weighted by molar-refractivity contribution is 5.77. The SMILES string of the molecule is Cc1ccccc1C1c2ccccc2CC[N+]1(Cc1ccccc1C(F)(F)F)C(=O)CCC(=O)O. The van der Waals surface area contributed by atoms with E-state index in [-0.39, 0.29) is 41.9 Å². The molecule has 3 aromatic carbocycles. The van der Waals surface area contributed by atoms with Crippen LogP contribution in [-0.2, 0) is 28.7 Å². The maximum Gasteiger partial charge on any atom is 0.416 e. The van der Waals surface area contributed by atoms with Gasteiger partial charge in [0.1, 0.15) is 12.6 Å². The molecule has 0 bridgehead atoms. The summed E-state index contributed by atoms with van der Waals surface area (Å²) in [7, 11) is 0. The molecule has 0 radical (unpaired) electrons. The maximum absolute atomic E-state index is 13.9. The number of rotatable bonds is 6. The number of hydrogen-bond donors (Lipinski definition) is 1. The summed E-state index contributed by atoms with van der Waals surface area (Å²) in [4.78, 5) is 25.3. The highest BCUT2D eigenvalue weighted by Crippen LogP contribution is 2.45. The van der Waals surface area contributed by atoms with Crippen LogP contribution in [0.25, 0.3) is 0 Å². The van der Waals surface area contributed by atoms with E-state index in [4.69, 9.17) is 0 Å². The van der Waals surface area contributed by atoms with Crippen molar-refractivity contribution in [1.29, 1.82) is 0 Å². The molecule has 1 N–H and O–H groups in total. The van der Waals surface area contributed by atoms with Crippen LogP contribution in [0.5, 0.6) is 0 Å². The van der Waals surface area contributed by atoms with Gasteiger partial charge in [-0.15, -0.1) is 0 Å². The first-order chi connectivity index (χ1) is 16.6. The number of aliphatic carboxylic acids is 1. The lowest BCUT2D eigenvalue weighted by Crippen LogP contribution is -2.58. The number of carbonyl (C=O) groups is 2. The molecular weight excluding hydrogens is 455 g/mol. The number of fused-ring (bicyclic) bond motifs is 1. The molecule has 1 aliphatic rings. The van der Waals surface area contributed by atoms with Crippen molar-refractivity contribution in [2.75, 3.05) is 6.54 Å². The standard InChI is InChI=1S/C28H26F3NO3/c1-19-8-2-5-11-22(19)27-23-12-6-3-9-20(23)16-17-32(27,25(33)14-15-26(34)35)18-21-10-4-7-13-24(21)28(29,30)31/h2-13,27H,14-18H2,1H3/p+1. The number of carboxylic acids is 1. The van der Waals surface area contributed by atoms with Crippen LogP contribution in [0, 0.1) is 6.92 Å². The first-order valence-corrected chi connectivity index (χ1v) is 11.5. The number of nitrogens with zero attached hydrogens (tertiary/aromatic N) is 1. The van der Waals surface area contributed by atoms with Crippen molar-refractivity contribution in [3.63, 3.8) is 0 Å². The molecule has 0 fully saturated rings. The summed E-state index contributed by atoms with van der Waals surface area (Å²) in [5.74, 6) is -1.48. The molecule has 0 aromatic heterocycles. The van der Waals surface area contributed by atoms with E-state index in [0.29, 0.717) is 6.42 Å². The third-order valence-electron chi connectivity index (χ3n) is 6.93. The van der Waals surface area contributed by atoms with Gasteiger partial charge >= 0.3 is 18.1 Å². The Kier molecular flexibility index (Phi) is 6.81. The molecule has 4 rings (SSSR count). The van der Waals surface area contributed by atoms with Gasteiger partial charge in [0.25, 0.3) is 0 Å². The average molecular weight is 483 g/mol. The van der Waals surface area contributed by atoms with Gasteiger partial charge in [-0.05, 0) is 24.1 Å². The van der Waals surface area contributed by atoms with Crippen LogP contribution in [0.4, 0.5) is 13.2 Å². The predicted octanol–water partition coefficient (Wildman–Crippen LogP) is 6.07. The summed E-state index contributed by atoms with van der Waals surface area (Å²) in [5, 5.41) is 9.26. The molecule has 1 heterocycles. The Bertz CT molecular complexity index is 1250. The van der Waals surface area contributed by atoms with Gasteiger partial charge in [-0.3, -0.25) is 4.79 Å². The van der Waals surface area contributed by atoms with Crippen LogP contribution in [-0.4, -0.2) is 28.0 Å². The Morgan fingerprint density at radius 3 is 2.23 bits per heavy atom. The second-order valence-corrected chi connectivity index (χ2v) is 9.07. The van der Waals surface area contributed by atoms with E-state index >= 15 is 0 Å². The highest BCUT2D eigenvalue weighted by atomic mass is 19.4. The fraction of sp³-hybridized carbons (Fsp3) is 0.286. The number of carboxylic acid groups (broad SMARTS) is 1. The van der Waals surface area contributed by atoms with Crippen molar-refractivity contribution in [2.45, 2.75) is 44.9 Å². The Morgan fingerprint density at radius 1 is 0.914 bits per heavy atom. The zero-order valence-corrected chi connectivity index (χ0v) is 19.4. The number of alkyl halides is 3. The van der Waals surface area contributed by atoms with Crippen molar-refractivity contribution in [3.8, 4) is 0 Å². The lowest BCUT2D eigenvalue weighted by Gasteiger charge is -2.47. The van der Waals surface area contributed by atoms with Gasteiger partial charge in [-0.1, -0.05) is 66.7 Å². The summed E-state index contributed by atoms with van der Waals surface area (Å²) in [5.41, 5.74) is 2.97. The van der Waals surface area contributed by atoms with Crippen LogP contribution in [0.15, 0.2) is 72.8 Å². The van der Waals surface area contributed by atoms with E-state index in [1.165, 1.54) is 12.1 Å². The van der Waals surface area contributed by atoms with Gasteiger partial charge in [-0.2, -0.15) is 13.2 Å². The molecule has 182 valence electrons. The summed E-state index contributed by atoms with van der Waals surface area (Å²) in [6.07, 6.45) is -4.70. The minimum absolute atomic E-state index is 0.0293. The van der Waals surface area contributed by atoms with Crippen molar-refractivity contribution >= 4 is 11.9 Å². The van der Waals surface area contributed by atoms with E-state index in [2.05, 4.69) is 0 Å². The average Bonchev–Trinajstić information content (AvgIpc) is 2.82. The van der Waals surface area contributed by atoms with Crippen LogP contribution >= 0.6 is 0 Å². The highest BCUT2D eigenvalue weighted by Gasteiger charge is 2.50. The number of carbonyl (C=O) groups excluding carboxylic acids is 1. The van der Waals surface area contributed by atoms with E-state index < -0.39 is 23.8 Å². The molecule has 1 amide bonds. The first kappa shape index (κ1) is 24.7. The molecule has 1 aliphatic heterocycles. The zero-order valence-electron chi connectivity index (χ0n) is 19.4. The quantitative estimate of drug-likeness (QED) is 0.434. The van der Waals surface area contributed by atoms with E-state index in [1.807, 2.05) is 55.5 Å². The topological polar surface area (TPSA) is 54.4 Å². The summed E-state index contributed by atoms with van der Waals surface area (Å²) in [6.45, 7) is 2.02. The van der Waals surface area contributed by atoms with Crippen LogP contribution in [0.1, 0.15) is 52.3 Å². The molecule has 0 aliphatic carbocycles. The van der Waals surface area contributed by atoms with Gasteiger partial charge in [0.2, 0.25) is 0 Å². The number of halogens is 3.